The molecule has 0 aliphatic rings. The number of halogens is 2. The first-order chi connectivity index (χ1) is 6.68. The van der Waals surface area contributed by atoms with Crippen molar-refractivity contribution in [1.29, 1.82) is 0 Å². The molecule has 0 aliphatic carbocycles. The minimum absolute atomic E-state index is 0.600. The molecular weight excluding hydrogens is 235 g/mol. The van der Waals surface area contributed by atoms with Crippen LogP contribution in [0, 0.1) is 6.92 Å². The Labute approximate surface area is 97.1 Å². The summed E-state index contributed by atoms with van der Waals surface area (Å²) in [6, 6.07) is 5.72. The zero-order valence-electron chi connectivity index (χ0n) is 7.55. The molecule has 0 nitrogen and oxygen atoms in total. The predicted molar refractivity (Wildman–Crippen MR) is 64.5 cm³/mol. The third-order valence-corrected chi connectivity index (χ3v) is 3.69. The van der Waals surface area contributed by atoms with Gasteiger partial charge in [0.25, 0.3) is 0 Å². The molecule has 0 N–H and O–H groups in total. The largest absolute Gasteiger partial charge is 0.151 e. The van der Waals surface area contributed by atoms with Crippen LogP contribution in [0.25, 0.3) is 11.1 Å². The van der Waals surface area contributed by atoms with Crippen molar-refractivity contribution in [2.45, 2.75) is 6.92 Å². The average molecular weight is 243 g/mol. The second kappa shape index (κ2) is 3.93. The van der Waals surface area contributed by atoms with Gasteiger partial charge in [0.2, 0.25) is 0 Å². The van der Waals surface area contributed by atoms with Crippen molar-refractivity contribution in [1.82, 2.24) is 0 Å². The van der Waals surface area contributed by atoms with E-state index in [1.807, 2.05) is 18.2 Å². The normalized spacial score (nSPS) is 10.5. The van der Waals surface area contributed by atoms with Crippen molar-refractivity contribution in [2.75, 3.05) is 0 Å². The zero-order chi connectivity index (χ0) is 10.1. The summed E-state index contributed by atoms with van der Waals surface area (Å²) in [5.74, 6) is 0. The highest BCUT2D eigenvalue weighted by Crippen LogP contribution is 2.31. The van der Waals surface area contributed by atoms with E-state index in [1.165, 1.54) is 11.1 Å². The molecule has 0 bridgehead atoms. The minimum atomic E-state index is 0.600. The number of rotatable bonds is 1. The van der Waals surface area contributed by atoms with Crippen LogP contribution in [0.3, 0.4) is 0 Å². The van der Waals surface area contributed by atoms with Gasteiger partial charge in [-0.2, -0.15) is 11.3 Å². The van der Waals surface area contributed by atoms with E-state index < -0.39 is 0 Å². The number of hydrogen-bond acceptors (Lipinski definition) is 1. The van der Waals surface area contributed by atoms with E-state index in [9.17, 15) is 0 Å². The van der Waals surface area contributed by atoms with Crippen LogP contribution in [0.1, 0.15) is 5.56 Å². The van der Waals surface area contributed by atoms with Gasteiger partial charge in [-0.1, -0.05) is 29.3 Å². The molecule has 0 radical (unpaired) electrons. The summed E-state index contributed by atoms with van der Waals surface area (Å²) >= 11 is 13.5. The van der Waals surface area contributed by atoms with Crippen LogP contribution in [0.4, 0.5) is 0 Å². The van der Waals surface area contributed by atoms with E-state index in [0.29, 0.717) is 10.0 Å². The van der Waals surface area contributed by atoms with E-state index in [2.05, 4.69) is 17.7 Å². The molecule has 72 valence electrons. The van der Waals surface area contributed by atoms with Crippen molar-refractivity contribution >= 4 is 34.5 Å². The Kier molecular flexibility index (Phi) is 2.82. The van der Waals surface area contributed by atoms with E-state index in [-0.39, 0.29) is 0 Å². The molecule has 14 heavy (non-hydrogen) atoms. The summed E-state index contributed by atoms with van der Waals surface area (Å²) in [4.78, 5) is 0. The van der Waals surface area contributed by atoms with Gasteiger partial charge in [0.1, 0.15) is 0 Å². The molecule has 0 saturated heterocycles. The summed E-state index contributed by atoms with van der Waals surface area (Å²) < 4.78 is 0. The third-order valence-electron chi connectivity index (χ3n) is 2.09. The van der Waals surface area contributed by atoms with Crippen molar-refractivity contribution < 1.29 is 0 Å². The molecule has 0 fully saturated rings. The lowest BCUT2D eigenvalue weighted by atomic mass is 10.1. The van der Waals surface area contributed by atoms with Gasteiger partial charge in [-0.05, 0) is 46.5 Å². The summed E-state index contributed by atoms with van der Waals surface area (Å²) in [7, 11) is 0. The molecule has 0 saturated carbocycles. The first-order valence-electron chi connectivity index (χ1n) is 4.16. The number of thiophene rings is 1. The summed E-state index contributed by atoms with van der Waals surface area (Å²) in [6.45, 7) is 2.09. The zero-order valence-corrected chi connectivity index (χ0v) is 9.88. The summed E-state index contributed by atoms with van der Waals surface area (Å²) in [5.41, 5.74) is 3.63. The molecule has 1 aromatic carbocycles. The van der Waals surface area contributed by atoms with Gasteiger partial charge >= 0.3 is 0 Å². The SMILES string of the molecule is Cc1cscc1-c1ccc(Cl)c(Cl)c1. The molecule has 0 aliphatic heterocycles. The van der Waals surface area contributed by atoms with Crippen LogP contribution in [0.5, 0.6) is 0 Å². The van der Waals surface area contributed by atoms with Gasteiger partial charge in [-0.15, -0.1) is 0 Å². The molecule has 1 aromatic heterocycles. The van der Waals surface area contributed by atoms with Crippen molar-refractivity contribution in [3.8, 4) is 11.1 Å². The molecule has 2 aromatic rings. The fourth-order valence-corrected chi connectivity index (χ4v) is 2.48. The number of aryl methyl sites for hydroxylation is 1. The Hall–Kier alpha value is -0.500. The van der Waals surface area contributed by atoms with Gasteiger partial charge in [-0.3, -0.25) is 0 Å². The molecule has 2 rings (SSSR count). The van der Waals surface area contributed by atoms with Crippen LogP contribution in [0.15, 0.2) is 29.0 Å². The maximum absolute atomic E-state index is 5.95. The Morgan fingerprint density at radius 1 is 1.07 bits per heavy atom. The number of hydrogen-bond donors (Lipinski definition) is 0. The average Bonchev–Trinajstić information content (AvgIpc) is 2.57. The lowest BCUT2D eigenvalue weighted by Gasteiger charge is -2.02. The second-order valence-corrected chi connectivity index (χ2v) is 4.66. The second-order valence-electron chi connectivity index (χ2n) is 3.10. The lowest BCUT2D eigenvalue weighted by Crippen LogP contribution is -1.77. The van der Waals surface area contributed by atoms with Crippen molar-refractivity contribution in [3.63, 3.8) is 0 Å². The fraction of sp³-hybridized carbons (Fsp3) is 0.0909. The maximum Gasteiger partial charge on any atom is 0.0598 e. The highest BCUT2D eigenvalue weighted by atomic mass is 35.5. The number of benzene rings is 1. The summed E-state index contributed by atoms with van der Waals surface area (Å²) in [6.07, 6.45) is 0. The monoisotopic (exact) mass is 242 g/mol. The van der Waals surface area contributed by atoms with Crippen molar-refractivity contribution in [2.24, 2.45) is 0 Å². The van der Waals surface area contributed by atoms with Crippen LogP contribution >= 0.6 is 34.5 Å². The Bertz CT molecular complexity index is 460. The van der Waals surface area contributed by atoms with E-state index in [0.717, 1.165) is 5.56 Å². The molecule has 0 atom stereocenters. The first kappa shape index (κ1) is 10.0. The van der Waals surface area contributed by atoms with Crippen LogP contribution in [-0.4, -0.2) is 0 Å². The van der Waals surface area contributed by atoms with Gasteiger partial charge in [0.15, 0.2) is 0 Å². The van der Waals surface area contributed by atoms with Gasteiger partial charge in [0, 0.05) is 0 Å². The fourth-order valence-electron chi connectivity index (χ4n) is 1.32. The van der Waals surface area contributed by atoms with Gasteiger partial charge in [-0.25, -0.2) is 0 Å². The lowest BCUT2D eigenvalue weighted by molar-refractivity contribution is 1.53. The Morgan fingerprint density at radius 2 is 1.86 bits per heavy atom. The van der Waals surface area contributed by atoms with E-state index in [1.54, 1.807) is 11.3 Å². The molecular formula is C11H8Cl2S. The molecule has 1 heterocycles. The first-order valence-corrected chi connectivity index (χ1v) is 5.86. The van der Waals surface area contributed by atoms with E-state index in [4.69, 9.17) is 23.2 Å². The van der Waals surface area contributed by atoms with Gasteiger partial charge in [0.05, 0.1) is 10.0 Å². The van der Waals surface area contributed by atoms with Crippen LogP contribution < -0.4 is 0 Å². The van der Waals surface area contributed by atoms with Crippen LogP contribution in [-0.2, 0) is 0 Å². The Morgan fingerprint density at radius 3 is 2.43 bits per heavy atom. The molecule has 3 heteroatoms. The Balaban J connectivity index is 2.53. The highest BCUT2D eigenvalue weighted by molar-refractivity contribution is 7.08. The van der Waals surface area contributed by atoms with Gasteiger partial charge < -0.3 is 0 Å². The van der Waals surface area contributed by atoms with Crippen molar-refractivity contribution in [3.05, 3.63) is 44.6 Å². The highest BCUT2D eigenvalue weighted by Gasteiger charge is 2.04. The predicted octanol–water partition coefficient (Wildman–Crippen LogP) is 5.03. The summed E-state index contributed by atoms with van der Waals surface area (Å²) in [5, 5.41) is 5.45. The van der Waals surface area contributed by atoms with Crippen LogP contribution in [0.2, 0.25) is 10.0 Å². The molecule has 0 spiro atoms. The standard InChI is InChI=1S/C11H8Cl2S/c1-7-5-14-6-9(7)8-2-3-10(12)11(13)4-8/h2-6H,1H3. The maximum atomic E-state index is 5.95. The third kappa shape index (κ3) is 1.81. The quantitative estimate of drug-likeness (QED) is 0.658. The molecule has 0 amide bonds. The topological polar surface area (TPSA) is 0 Å². The molecule has 0 unspecified atom stereocenters. The smallest absolute Gasteiger partial charge is 0.0598 e. The van der Waals surface area contributed by atoms with E-state index >= 15 is 0 Å². The minimum Gasteiger partial charge on any atom is -0.151 e.